The molecule has 0 aliphatic carbocycles. The Labute approximate surface area is 112 Å². The van der Waals surface area contributed by atoms with Gasteiger partial charge in [-0.15, -0.1) is 0 Å². The number of nitrogens with one attached hydrogen (secondary N) is 1. The molecule has 2 saturated heterocycles. The third-order valence-corrected chi connectivity index (χ3v) is 4.53. The lowest BCUT2D eigenvalue weighted by Gasteiger charge is -2.38. The van der Waals surface area contributed by atoms with E-state index >= 15 is 0 Å². The highest BCUT2D eigenvalue weighted by Crippen LogP contribution is 2.25. The highest BCUT2D eigenvalue weighted by Gasteiger charge is 2.38. The van der Waals surface area contributed by atoms with Crippen molar-refractivity contribution in [2.24, 2.45) is 5.92 Å². The van der Waals surface area contributed by atoms with Crippen molar-refractivity contribution < 1.29 is 4.74 Å². The van der Waals surface area contributed by atoms with Crippen LogP contribution in [0.25, 0.3) is 0 Å². The maximum absolute atomic E-state index is 5.71. The molecule has 0 radical (unpaired) electrons. The largest absolute Gasteiger partial charge is 0.380 e. The zero-order chi connectivity index (χ0) is 13.1. The van der Waals surface area contributed by atoms with Gasteiger partial charge in [-0.05, 0) is 33.0 Å². The predicted molar refractivity (Wildman–Crippen MR) is 74.9 cm³/mol. The first kappa shape index (κ1) is 14.3. The van der Waals surface area contributed by atoms with Crippen LogP contribution < -0.4 is 5.32 Å². The molecule has 4 unspecified atom stereocenters. The first-order valence-electron chi connectivity index (χ1n) is 7.35. The summed E-state index contributed by atoms with van der Waals surface area (Å²) >= 11 is 0. The number of ether oxygens (including phenoxy) is 1. The van der Waals surface area contributed by atoms with E-state index in [1.54, 1.807) is 0 Å². The van der Waals surface area contributed by atoms with Gasteiger partial charge in [0, 0.05) is 37.8 Å². The topological polar surface area (TPSA) is 27.7 Å². The molecule has 2 fully saturated rings. The van der Waals surface area contributed by atoms with Gasteiger partial charge in [0.05, 0.1) is 6.61 Å². The standard InChI is InChI=1S/C14H29N3O/c1-5-15-12-6-7-18-10-14(12)17-8-11(2)13(9-17)16(3)4/h11-15H,5-10H2,1-4H3. The lowest BCUT2D eigenvalue weighted by Crippen LogP contribution is -2.55. The summed E-state index contributed by atoms with van der Waals surface area (Å²) in [5, 5.41) is 3.64. The van der Waals surface area contributed by atoms with Gasteiger partial charge in [-0.2, -0.15) is 0 Å². The maximum atomic E-state index is 5.71. The van der Waals surface area contributed by atoms with E-state index in [0.29, 0.717) is 18.1 Å². The van der Waals surface area contributed by atoms with Crippen LogP contribution in [0.4, 0.5) is 0 Å². The second-order valence-electron chi connectivity index (χ2n) is 6.06. The molecule has 0 aromatic heterocycles. The van der Waals surface area contributed by atoms with Crippen LogP contribution in [0.1, 0.15) is 20.3 Å². The fourth-order valence-corrected chi connectivity index (χ4v) is 3.51. The third-order valence-electron chi connectivity index (χ3n) is 4.53. The molecule has 0 saturated carbocycles. The molecule has 4 heteroatoms. The van der Waals surface area contributed by atoms with Gasteiger partial charge in [0.1, 0.15) is 0 Å². The SMILES string of the molecule is CCNC1CCOCC1N1CC(C)C(N(C)C)C1. The monoisotopic (exact) mass is 255 g/mol. The summed E-state index contributed by atoms with van der Waals surface area (Å²) in [6.07, 6.45) is 1.15. The predicted octanol–water partition coefficient (Wildman–Crippen LogP) is 0.635. The molecule has 2 rings (SSSR count). The molecule has 2 heterocycles. The van der Waals surface area contributed by atoms with E-state index in [-0.39, 0.29) is 0 Å². The van der Waals surface area contributed by atoms with Gasteiger partial charge in [0.15, 0.2) is 0 Å². The fraction of sp³-hybridized carbons (Fsp3) is 1.00. The molecule has 0 aromatic rings. The van der Waals surface area contributed by atoms with Crippen molar-refractivity contribution in [3.63, 3.8) is 0 Å². The molecule has 0 amide bonds. The van der Waals surface area contributed by atoms with Gasteiger partial charge >= 0.3 is 0 Å². The van der Waals surface area contributed by atoms with Gasteiger partial charge in [-0.25, -0.2) is 0 Å². The Bertz CT molecular complexity index is 257. The number of likely N-dealkylation sites (N-methyl/N-ethyl adjacent to an activating group) is 2. The quantitative estimate of drug-likeness (QED) is 0.798. The number of nitrogens with zero attached hydrogens (tertiary/aromatic N) is 2. The first-order valence-corrected chi connectivity index (χ1v) is 7.35. The summed E-state index contributed by atoms with van der Waals surface area (Å²) in [5.74, 6) is 0.754. The molecular weight excluding hydrogens is 226 g/mol. The Morgan fingerprint density at radius 2 is 2.11 bits per heavy atom. The van der Waals surface area contributed by atoms with Crippen LogP contribution in [0.15, 0.2) is 0 Å². The van der Waals surface area contributed by atoms with Gasteiger partial charge in [-0.3, -0.25) is 4.90 Å². The lowest BCUT2D eigenvalue weighted by molar-refractivity contribution is 0.00327. The normalized spacial score (nSPS) is 38.5. The molecule has 2 aliphatic rings. The zero-order valence-corrected chi connectivity index (χ0v) is 12.4. The van der Waals surface area contributed by atoms with Crippen LogP contribution in [-0.4, -0.2) is 74.9 Å². The second-order valence-corrected chi connectivity index (χ2v) is 6.06. The molecule has 2 aliphatic heterocycles. The van der Waals surface area contributed by atoms with Crippen molar-refractivity contribution in [1.82, 2.24) is 15.1 Å². The number of hydrogen-bond acceptors (Lipinski definition) is 4. The Hall–Kier alpha value is -0.160. The fourth-order valence-electron chi connectivity index (χ4n) is 3.51. The van der Waals surface area contributed by atoms with E-state index in [9.17, 15) is 0 Å². The summed E-state index contributed by atoms with van der Waals surface area (Å²) in [6, 6.07) is 1.86. The van der Waals surface area contributed by atoms with E-state index < -0.39 is 0 Å². The molecule has 106 valence electrons. The lowest BCUT2D eigenvalue weighted by atomic mass is 10.0. The maximum Gasteiger partial charge on any atom is 0.0637 e. The van der Waals surface area contributed by atoms with Crippen molar-refractivity contribution in [3.8, 4) is 0 Å². The van der Waals surface area contributed by atoms with Crippen molar-refractivity contribution in [2.75, 3.05) is 46.9 Å². The summed E-state index contributed by atoms with van der Waals surface area (Å²) in [6.45, 7) is 9.82. The number of hydrogen-bond donors (Lipinski definition) is 1. The molecule has 4 atom stereocenters. The van der Waals surface area contributed by atoms with Crippen LogP contribution in [0.3, 0.4) is 0 Å². The molecule has 4 nitrogen and oxygen atoms in total. The minimum Gasteiger partial charge on any atom is -0.380 e. The molecule has 1 N–H and O–H groups in total. The van der Waals surface area contributed by atoms with Crippen LogP contribution in [0.2, 0.25) is 0 Å². The number of rotatable bonds is 4. The minimum atomic E-state index is 0.561. The highest BCUT2D eigenvalue weighted by atomic mass is 16.5. The molecule has 0 spiro atoms. The van der Waals surface area contributed by atoms with Crippen molar-refractivity contribution >= 4 is 0 Å². The van der Waals surface area contributed by atoms with Crippen LogP contribution in [-0.2, 0) is 4.74 Å². The Balaban J connectivity index is 1.97. The summed E-state index contributed by atoms with van der Waals surface area (Å²) < 4.78 is 5.71. The average molecular weight is 255 g/mol. The second kappa shape index (κ2) is 6.33. The molecule has 18 heavy (non-hydrogen) atoms. The first-order chi connectivity index (χ1) is 8.63. The smallest absolute Gasteiger partial charge is 0.0637 e. The third kappa shape index (κ3) is 3.05. The Morgan fingerprint density at radius 1 is 1.33 bits per heavy atom. The van der Waals surface area contributed by atoms with Crippen LogP contribution in [0.5, 0.6) is 0 Å². The van der Waals surface area contributed by atoms with Gasteiger partial charge < -0.3 is 15.0 Å². The van der Waals surface area contributed by atoms with Crippen LogP contribution >= 0.6 is 0 Å². The summed E-state index contributed by atoms with van der Waals surface area (Å²) in [4.78, 5) is 5.01. The Morgan fingerprint density at radius 3 is 2.72 bits per heavy atom. The van der Waals surface area contributed by atoms with Gasteiger partial charge in [-0.1, -0.05) is 13.8 Å². The molecule has 0 bridgehead atoms. The minimum absolute atomic E-state index is 0.561. The van der Waals surface area contributed by atoms with Crippen molar-refractivity contribution in [2.45, 2.75) is 38.4 Å². The van der Waals surface area contributed by atoms with E-state index in [4.69, 9.17) is 4.74 Å². The summed E-state index contributed by atoms with van der Waals surface area (Å²) in [5.41, 5.74) is 0. The zero-order valence-electron chi connectivity index (χ0n) is 12.4. The van der Waals surface area contributed by atoms with E-state index in [0.717, 1.165) is 32.1 Å². The van der Waals surface area contributed by atoms with E-state index in [1.165, 1.54) is 13.1 Å². The summed E-state index contributed by atoms with van der Waals surface area (Å²) in [7, 11) is 4.40. The van der Waals surface area contributed by atoms with Gasteiger partial charge in [0.2, 0.25) is 0 Å². The molecular formula is C14H29N3O. The van der Waals surface area contributed by atoms with E-state index in [2.05, 4.69) is 43.1 Å². The average Bonchev–Trinajstić information content (AvgIpc) is 2.72. The Kier molecular flexibility index (Phi) is 5.01. The number of likely N-dealkylation sites (tertiary alicyclic amines) is 1. The van der Waals surface area contributed by atoms with Gasteiger partial charge in [0.25, 0.3) is 0 Å². The van der Waals surface area contributed by atoms with Crippen molar-refractivity contribution in [3.05, 3.63) is 0 Å². The van der Waals surface area contributed by atoms with Crippen LogP contribution in [0, 0.1) is 5.92 Å². The molecule has 0 aromatic carbocycles. The van der Waals surface area contributed by atoms with E-state index in [1.807, 2.05) is 0 Å². The highest BCUT2D eigenvalue weighted by molar-refractivity contribution is 4.95. The van der Waals surface area contributed by atoms with Crippen molar-refractivity contribution in [1.29, 1.82) is 0 Å².